The van der Waals surface area contributed by atoms with Crippen molar-refractivity contribution in [3.63, 3.8) is 0 Å². The normalized spacial score (nSPS) is 10.6. The Morgan fingerprint density at radius 2 is 1.62 bits per heavy atom. The number of ether oxygens (including phenoxy) is 2. The summed E-state index contributed by atoms with van der Waals surface area (Å²) in [6, 6.07) is 13.5. The number of nitrogens with one attached hydrogen (secondary N) is 1. The smallest absolute Gasteiger partial charge is 0.241 e. The van der Waals surface area contributed by atoms with Crippen molar-refractivity contribution in [3.8, 4) is 23.3 Å². The maximum Gasteiger partial charge on any atom is 0.241 e. The van der Waals surface area contributed by atoms with Crippen LogP contribution in [-0.2, 0) is 10.0 Å². The highest BCUT2D eigenvalue weighted by Crippen LogP contribution is 2.15. The monoisotopic (exact) mass is 345 g/mol. The molecule has 5 nitrogen and oxygen atoms in total. The van der Waals surface area contributed by atoms with Gasteiger partial charge in [0.25, 0.3) is 0 Å². The van der Waals surface area contributed by atoms with Crippen molar-refractivity contribution in [2.75, 3.05) is 20.3 Å². The molecule has 2 rings (SSSR count). The number of methoxy groups -OCH3 is 1. The first-order valence-corrected chi connectivity index (χ1v) is 8.89. The van der Waals surface area contributed by atoms with Gasteiger partial charge in [0.2, 0.25) is 10.0 Å². The van der Waals surface area contributed by atoms with Gasteiger partial charge in [-0.3, -0.25) is 0 Å². The second kappa shape index (κ2) is 8.39. The molecule has 0 saturated heterocycles. The molecule has 0 saturated carbocycles. The second-order valence-electron chi connectivity index (χ2n) is 4.76. The van der Waals surface area contributed by atoms with Gasteiger partial charge in [-0.05, 0) is 55.5 Å². The van der Waals surface area contributed by atoms with Crippen LogP contribution in [-0.4, -0.2) is 28.7 Å². The highest BCUT2D eigenvalue weighted by Gasteiger charge is 2.12. The Hall–Kier alpha value is -2.49. The van der Waals surface area contributed by atoms with Crippen molar-refractivity contribution in [1.29, 1.82) is 0 Å². The molecule has 0 aromatic heterocycles. The van der Waals surface area contributed by atoms with E-state index < -0.39 is 10.0 Å². The molecule has 0 bridgehead atoms. The van der Waals surface area contributed by atoms with E-state index in [0.29, 0.717) is 12.4 Å². The van der Waals surface area contributed by atoms with Crippen LogP contribution in [0.25, 0.3) is 0 Å². The van der Waals surface area contributed by atoms with Crippen LogP contribution in [0, 0.1) is 11.8 Å². The van der Waals surface area contributed by atoms with Crippen LogP contribution < -0.4 is 14.2 Å². The summed E-state index contributed by atoms with van der Waals surface area (Å²) in [5, 5.41) is 0. The first kappa shape index (κ1) is 17.9. The van der Waals surface area contributed by atoms with Crippen molar-refractivity contribution in [2.24, 2.45) is 0 Å². The van der Waals surface area contributed by atoms with E-state index in [1.807, 2.05) is 19.1 Å². The molecule has 0 aliphatic rings. The average molecular weight is 345 g/mol. The van der Waals surface area contributed by atoms with Crippen LogP contribution in [0.15, 0.2) is 53.4 Å². The summed E-state index contributed by atoms with van der Waals surface area (Å²) in [5.74, 6) is 7.07. The van der Waals surface area contributed by atoms with Crippen molar-refractivity contribution in [1.82, 2.24) is 4.72 Å². The van der Waals surface area contributed by atoms with E-state index in [1.54, 1.807) is 31.4 Å². The number of benzene rings is 2. The van der Waals surface area contributed by atoms with Crippen molar-refractivity contribution >= 4 is 10.0 Å². The van der Waals surface area contributed by atoms with Gasteiger partial charge in [-0.1, -0.05) is 11.8 Å². The summed E-state index contributed by atoms with van der Waals surface area (Å²) >= 11 is 0. The minimum Gasteiger partial charge on any atom is -0.497 e. The van der Waals surface area contributed by atoms with E-state index in [0.717, 1.165) is 11.3 Å². The van der Waals surface area contributed by atoms with Gasteiger partial charge in [0.05, 0.1) is 25.2 Å². The molecule has 0 aliphatic heterocycles. The molecule has 0 amide bonds. The molecule has 6 heteroatoms. The molecular weight excluding hydrogens is 326 g/mol. The predicted molar refractivity (Wildman–Crippen MR) is 92.7 cm³/mol. The van der Waals surface area contributed by atoms with Gasteiger partial charge in [-0.25, -0.2) is 8.42 Å². The minimum atomic E-state index is -3.59. The summed E-state index contributed by atoms with van der Waals surface area (Å²) in [6.45, 7) is 2.43. The lowest BCUT2D eigenvalue weighted by Gasteiger charge is -2.06. The molecule has 126 valence electrons. The average Bonchev–Trinajstić information content (AvgIpc) is 2.60. The summed E-state index contributed by atoms with van der Waals surface area (Å²) in [4.78, 5) is 0.178. The van der Waals surface area contributed by atoms with Gasteiger partial charge in [-0.15, -0.1) is 0 Å². The van der Waals surface area contributed by atoms with Crippen LogP contribution in [0.4, 0.5) is 0 Å². The van der Waals surface area contributed by atoms with Gasteiger partial charge in [0.1, 0.15) is 11.5 Å². The molecule has 0 radical (unpaired) electrons. The molecule has 0 spiro atoms. The van der Waals surface area contributed by atoms with Gasteiger partial charge >= 0.3 is 0 Å². The molecule has 2 aromatic rings. The Bertz CT molecular complexity index is 816. The van der Waals surface area contributed by atoms with E-state index in [9.17, 15) is 8.42 Å². The van der Waals surface area contributed by atoms with E-state index in [-0.39, 0.29) is 11.4 Å². The maximum atomic E-state index is 12.2. The van der Waals surface area contributed by atoms with E-state index in [2.05, 4.69) is 16.6 Å². The zero-order valence-corrected chi connectivity index (χ0v) is 14.4. The number of rotatable bonds is 6. The predicted octanol–water partition coefficient (Wildman–Crippen LogP) is 2.42. The van der Waals surface area contributed by atoms with Gasteiger partial charge in [-0.2, -0.15) is 4.72 Å². The number of hydrogen-bond donors (Lipinski definition) is 1. The maximum absolute atomic E-state index is 12.2. The highest BCUT2D eigenvalue weighted by atomic mass is 32.2. The van der Waals surface area contributed by atoms with E-state index in [1.165, 1.54) is 12.1 Å². The largest absolute Gasteiger partial charge is 0.497 e. The molecule has 0 aliphatic carbocycles. The topological polar surface area (TPSA) is 64.6 Å². The fourth-order valence-electron chi connectivity index (χ4n) is 1.92. The zero-order valence-electron chi connectivity index (χ0n) is 13.6. The summed E-state index contributed by atoms with van der Waals surface area (Å²) in [7, 11) is -1.99. The first-order valence-electron chi connectivity index (χ1n) is 7.40. The lowest BCUT2D eigenvalue weighted by atomic mass is 10.2. The first-order chi connectivity index (χ1) is 11.5. The van der Waals surface area contributed by atoms with Crippen LogP contribution in [0.3, 0.4) is 0 Å². The molecule has 1 N–H and O–H groups in total. The highest BCUT2D eigenvalue weighted by molar-refractivity contribution is 7.89. The standard InChI is InChI=1S/C18H19NO4S/c1-3-23-17-10-12-18(13-11-17)24(20,21)19-14-4-5-15-6-8-16(22-2)9-7-15/h6-13,19H,3,14H2,1-2H3. The van der Waals surface area contributed by atoms with Crippen molar-refractivity contribution < 1.29 is 17.9 Å². The third-order valence-electron chi connectivity index (χ3n) is 3.12. The molecule has 2 aromatic carbocycles. The molecule has 24 heavy (non-hydrogen) atoms. The van der Waals surface area contributed by atoms with Crippen LogP contribution >= 0.6 is 0 Å². The number of hydrogen-bond acceptors (Lipinski definition) is 4. The second-order valence-corrected chi connectivity index (χ2v) is 6.53. The quantitative estimate of drug-likeness (QED) is 0.817. The fraction of sp³-hybridized carbons (Fsp3) is 0.222. The summed E-state index contributed by atoms with van der Waals surface area (Å²) in [5.41, 5.74) is 0.788. The van der Waals surface area contributed by atoms with Gasteiger partial charge in [0.15, 0.2) is 0 Å². The zero-order chi connectivity index (χ0) is 17.4. The van der Waals surface area contributed by atoms with E-state index in [4.69, 9.17) is 9.47 Å². The Balaban J connectivity index is 1.96. The lowest BCUT2D eigenvalue weighted by Crippen LogP contribution is -2.23. The van der Waals surface area contributed by atoms with Gasteiger partial charge < -0.3 is 9.47 Å². The molecule has 0 fully saturated rings. The molecule has 0 atom stereocenters. The summed E-state index contributed by atoms with van der Waals surface area (Å²) in [6.07, 6.45) is 0. The lowest BCUT2D eigenvalue weighted by molar-refractivity contribution is 0.340. The molecule has 0 unspecified atom stereocenters. The van der Waals surface area contributed by atoms with Crippen LogP contribution in [0.2, 0.25) is 0 Å². The SMILES string of the molecule is CCOc1ccc(S(=O)(=O)NCC#Cc2ccc(OC)cc2)cc1. The summed E-state index contributed by atoms with van der Waals surface area (Å²) < 4.78 is 37.1. The number of sulfonamides is 1. The van der Waals surface area contributed by atoms with Crippen molar-refractivity contribution in [2.45, 2.75) is 11.8 Å². The minimum absolute atomic E-state index is 0.0293. The Morgan fingerprint density at radius 3 is 2.21 bits per heavy atom. The molecular formula is C18H19NO4S. The Morgan fingerprint density at radius 1 is 1.00 bits per heavy atom. The fourth-order valence-corrected chi connectivity index (χ4v) is 2.84. The van der Waals surface area contributed by atoms with Crippen LogP contribution in [0.1, 0.15) is 12.5 Å². The third-order valence-corrected chi connectivity index (χ3v) is 4.54. The van der Waals surface area contributed by atoms with Crippen LogP contribution in [0.5, 0.6) is 11.5 Å². The van der Waals surface area contributed by atoms with Gasteiger partial charge in [0, 0.05) is 5.56 Å². The van der Waals surface area contributed by atoms with Crippen molar-refractivity contribution in [3.05, 3.63) is 54.1 Å². The molecule has 0 heterocycles. The Kier molecular flexibility index (Phi) is 6.24. The van der Waals surface area contributed by atoms with E-state index >= 15 is 0 Å². The third kappa shape index (κ3) is 5.01. The Labute approximate surface area is 142 Å².